The van der Waals surface area contributed by atoms with Crippen LogP contribution in [0.15, 0.2) is 77.8 Å². The number of carbonyl (C=O) groups is 1. The number of hydrogen-bond donors (Lipinski definition) is 0. The number of Topliss-reactive ketones (excluding diaryl/α,β-unsaturated/α-hetero) is 1. The molecular formula is C39H53F3N3O2P. The minimum absolute atomic E-state index is 0.0164. The van der Waals surface area contributed by atoms with Gasteiger partial charge in [-0.25, -0.2) is 9.38 Å². The van der Waals surface area contributed by atoms with Gasteiger partial charge in [-0.2, -0.15) is 8.78 Å². The van der Waals surface area contributed by atoms with Crippen LogP contribution < -0.4 is 9.64 Å². The van der Waals surface area contributed by atoms with E-state index >= 15 is 0 Å². The third-order valence-electron chi connectivity index (χ3n) is 7.20. The van der Waals surface area contributed by atoms with E-state index in [0.717, 1.165) is 60.8 Å². The first-order valence-electron chi connectivity index (χ1n) is 16.9. The van der Waals surface area contributed by atoms with E-state index in [1.54, 1.807) is 0 Å². The van der Waals surface area contributed by atoms with Crippen LogP contribution in [0.4, 0.5) is 24.5 Å². The molecule has 0 saturated heterocycles. The average Bonchev–Trinajstić information content (AvgIpc) is 3.02. The van der Waals surface area contributed by atoms with Gasteiger partial charge in [0, 0.05) is 30.5 Å². The summed E-state index contributed by atoms with van der Waals surface area (Å²) in [5, 5.41) is 0. The standard InChI is InChI=1S/C22H26N2O.C12H14F3OP.C5H13N/c1-4-9-21-19-11-7-8-12-20(19)23-22(10-5-2)24(21)17-13-15-18(16-14-17)25-6-3;1-2-3-9(16)6-8-4-5-10(11(13)7-8)12(14,15)17;1-4-5-6(2)3/h7-9,11-16H,4-6,10H2,1-3H3;4-5,7H,2-3,6,17H2,1H3;4-5H2,1-3H3/b21-9+;;. The summed E-state index contributed by atoms with van der Waals surface area (Å²) in [7, 11) is 5.46. The maximum Gasteiger partial charge on any atom is 0.286 e. The Hall–Kier alpha value is -3.48. The third kappa shape index (κ3) is 12.9. The molecular weight excluding hydrogens is 630 g/mol. The predicted molar refractivity (Wildman–Crippen MR) is 199 cm³/mol. The van der Waals surface area contributed by atoms with Gasteiger partial charge in [0.2, 0.25) is 0 Å². The molecule has 0 N–H and O–H groups in total. The summed E-state index contributed by atoms with van der Waals surface area (Å²) < 4.78 is 44.7. The van der Waals surface area contributed by atoms with Crippen molar-refractivity contribution in [1.29, 1.82) is 0 Å². The van der Waals surface area contributed by atoms with Crippen LogP contribution >= 0.6 is 9.24 Å². The van der Waals surface area contributed by atoms with Crippen LogP contribution in [0.2, 0.25) is 0 Å². The Morgan fingerprint density at radius 3 is 2.17 bits per heavy atom. The molecule has 48 heavy (non-hydrogen) atoms. The van der Waals surface area contributed by atoms with Crippen molar-refractivity contribution in [3.63, 3.8) is 0 Å². The molecule has 1 heterocycles. The predicted octanol–water partition coefficient (Wildman–Crippen LogP) is 10.8. The molecule has 0 spiro atoms. The number of fused-ring (bicyclic) bond motifs is 1. The van der Waals surface area contributed by atoms with Crippen LogP contribution in [0.5, 0.6) is 5.75 Å². The molecule has 3 aromatic carbocycles. The van der Waals surface area contributed by atoms with Gasteiger partial charge in [0.15, 0.2) is 0 Å². The fourth-order valence-corrected chi connectivity index (χ4v) is 5.38. The number of amidine groups is 1. The van der Waals surface area contributed by atoms with Gasteiger partial charge in [-0.1, -0.05) is 67.3 Å². The Morgan fingerprint density at radius 2 is 1.65 bits per heavy atom. The Morgan fingerprint density at radius 1 is 0.958 bits per heavy atom. The molecule has 5 nitrogen and oxygen atoms in total. The molecule has 0 radical (unpaired) electrons. The van der Waals surface area contributed by atoms with E-state index in [2.05, 4.69) is 87.1 Å². The molecule has 0 bridgehead atoms. The minimum Gasteiger partial charge on any atom is -0.494 e. The minimum atomic E-state index is -3.28. The van der Waals surface area contributed by atoms with E-state index in [-0.39, 0.29) is 12.2 Å². The zero-order valence-electron chi connectivity index (χ0n) is 29.7. The highest BCUT2D eigenvalue weighted by Gasteiger charge is 2.28. The number of ether oxygens (including phenoxy) is 1. The van der Waals surface area contributed by atoms with Crippen molar-refractivity contribution < 1.29 is 22.7 Å². The Balaban J connectivity index is 0.000000301. The van der Waals surface area contributed by atoms with E-state index in [0.29, 0.717) is 18.6 Å². The lowest BCUT2D eigenvalue weighted by molar-refractivity contribution is -0.118. The summed E-state index contributed by atoms with van der Waals surface area (Å²) >= 11 is 0. The van der Waals surface area contributed by atoms with Gasteiger partial charge in [0.05, 0.1) is 23.6 Å². The van der Waals surface area contributed by atoms with Crippen LogP contribution in [0.3, 0.4) is 0 Å². The molecule has 0 aliphatic carbocycles. The summed E-state index contributed by atoms with van der Waals surface area (Å²) in [6.45, 7) is 12.3. The highest BCUT2D eigenvalue weighted by atomic mass is 31.0. The SMILES string of the molecule is CC/C=C1\c2ccccc2N=C(CCC)N1c1ccc(OCC)cc1.CCCC(=O)Cc1ccc(C(F)(F)P)c(F)c1.CCCN(C)C. The summed E-state index contributed by atoms with van der Waals surface area (Å²) in [6.07, 6.45) is 7.78. The topological polar surface area (TPSA) is 45.1 Å². The Labute approximate surface area is 288 Å². The van der Waals surface area contributed by atoms with Crippen LogP contribution in [0, 0.1) is 5.82 Å². The number of ketones is 1. The van der Waals surface area contributed by atoms with Gasteiger partial charge in [-0.3, -0.25) is 9.69 Å². The van der Waals surface area contributed by atoms with Gasteiger partial charge in [-0.15, -0.1) is 0 Å². The van der Waals surface area contributed by atoms with Gasteiger partial charge in [0.1, 0.15) is 23.2 Å². The zero-order chi connectivity index (χ0) is 35.7. The van der Waals surface area contributed by atoms with Crippen LogP contribution in [-0.2, 0) is 16.9 Å². The van der Waals surface area contributed by atoms with Gasteiger partial charge in [0.25, 0.3) is 5.66 Å². The van der Waals surface area contributed by atoms with Crippen molar-refractivity contribution in [3.8, 4) is 5.75 Å². The first-order valence-corrected chi connectivity index (χ1v) is 17.5. The van der Waals surface area contributed by atoms with E-state index in [4.69, 9.17) is 9.73 Å². The average molecular weight is 684 g/mol. The van der Waals surface area contributed by atoms with Crippen LogP contribution in [0.25, 0.3) is 5.70 Å². The highest BCUT2D eigenvalue weighted by molar-refractivity contribution is 7.17. The first kappa shape index (κ1) is 40.7. The molecule has 0 amide bonds. The number of hydrogen-bond acceptors (Lipinski definition) is 5. The Bertz CT molecular complexity index is 1480. The van der Waals surface area contributed by atoms with E-state index in [1.807, 2.05) is 26.0 Å². The maximum absolute atomic E-state index is 13.4. The lowest BCUT2D eigenvalue weighted by Crippen LogP contribution is -2.31. The fourth-order valence-electron chi connectivity index (χ4n) is 5.15. The van der Waals surface area contributed by atoms with E-state index in [9.17, 15) is 18.0 Å². The quantitative estimate of drug-likeness (QED) is 0.168. The highest BCUT2D eigenvalue weighted by Crippen LogP contribution is 2.39. The maximum atomic E-state index is 13.4. The molecule has 1 unspecified atom stereocenters. The number of para-hydroxylation sites is 1. The molecule has 0 fully saturated rings. The molecule has 1 aliphatic heterocycles. The van der Waals surface area contributed by atoms with Gasteiger partial charge >= 0.3 is 0 Å². The van der Waals surface area contributed by atoms with E-state index < -0.39 is 17.0 Å². The number of anilines is 1. The number of halogens is 3. The van der Waals surface area contributed by atoms with Crippen molar-refractivity contribution >= 4 is 37.9 Å². The number of allylic oxidation sites excluding steroid dienone is 1. The molecule has 1 atom stereocenters. The van der Waals surface area contributed by atoms with E-state index in [1.165, 1.54) is 39.5 Å². The van der Waals surface area contributed by atoms with Crippen molar-refractivity contribution in [2.24, 2.45) is 4.99 Å². The second-order valence-corrected chi connectivity index (χ2v) is 12.5. The molecule has 0 aromatic heterocycles. The van der Waals surface area contributed by atoms with Crippen molar-refractivity contribution in [2.75, 3.05) is 32.1 Å². The summed E-state index contributed by atoms with van der Waals surface area (Å²) in [6, 6.07) is 20.1. The zero-order valence-corrected chi connectivity index (χ0v) is 30.8. The number of alkyl halides is 2. The van der Waals surface area contributed by atoms with Crippen molar-refractivity contribution in [1.82, 2.24) is 4.90 Å². The van der Waals surface area contributed by atoms with Crippen LogP contribution in [0.1, 0.15) is 89.8 Å². The number of nitrogens with zero attached hydrogens (tertiary/aromatic N) is 3. The summed E-state index contributed by atoms with van der Waals surface area (Å²) in [5.41, 5.74) is 1.08. The van der Waals surface area contributed by atoms with Crippen molar-refractivity contribution in [3.05, 3.63) is 95.3 Å². The Kier molecular flexibility index (Phi) is 17.6. The monoisotopic (exact) mass is 683 g/mol. The van der Waals surface area contributed by atoms with Crippen molar-refractivity contribution in [2.45, 2.75) is 85.2 Å². The smallest absolute Gasteiger partial charge is 0.286 e. The van der Waals surface area contributed by atoms with Crippen LogP contribution in [-0.4, -0.2) is 43.8 Å². The summed E-state index contributed by atoms with van der Waals surface area (Å²) in [4.78, 5) is 20.8. The van der Waals surface area contributed by atoms with Gasteiger partial charge < -0.3 is 9.64 Å². The number of rotatable bonds is 13. The van der Waals surface area contributed by atoms with Gasteiger partial charge in [-0.05, 0) is 101 Å². The second kappa shape index (κ2) is 20.8. The molecule has 0 saturated carbocycles. The molecule has 3 aromatic rings. The lowest BCUT2D eigenvalue weighted by atomic mass is 10.0. The number of carbonyl (C=O) groups excluding carboxylic acids is 1. The molecule has 4 rings (SSSR count). The molecule has 9 heteroatoms. The largest absolute Gasteiger partial charge is 0.494 e. The normalized spacial score (nSPS) is 13.2. The molecule has 262 valence electrons. The third-order valence-corrected chi connectivity index (χ3v) is 7.51. The first-order chi connectivity index (χ1) is 22.9. The second-order valence-electron chi connectivity index (χ2n) is 11.8. The lowest BCUT2D eigenvalue weighted by Gasteiger charge is -2.33. The molecule has 1 aliphatic rings. The number of aliphatic imine (C=N–C) groups is 1. The fraction of sp³-hybridized carbons (Fsp3) is 0.436. The number of benzene rings is 3. The summed E-state index contributed by atoms with van der Waals surface area (Å²) in [5.74, 6) is 1.01.